The third-order valence-corrected chi connectivity index (χ3v) is 3.01. The topological polar surface area (TPSA) is 36.4 Å². The average molecular weight is 222 g/mol. The van der Waals surface area contributed by atoms with Gasteiger partial charge in [-0.15, -0.1) is 0 Å². The van der Waals surface area contributed by atoms with Crippen LogP contribution in [0.2, 0.25) is 0 Å². The highest BCUT2D eigenvalue weighted by Gasteiger charge is 2.13. The van der Waals surface area contributed by atoms with Crippen LogP contribution in [0.3, 0.4) is 0 Å². The average Bonchev–Trinajstić information content (AvgIpc) is 2.30. The molecule has 1 N–H and O–H groups in total. The van der Waals surface area contributed by atoms with Crippen molar-refractivity contribution in [1.29, 1.82) is 0 Å². The van der Waals surface area contributed by atoms with Crippen molar-refractivity contribution in [3.63, 3.8) is 0 Å². The van der Waals surface area contributed by atoms with Gasteiger partial charge in [0.1, 0.15) is 5.82 Å². The molecule has 0 aliphatic carbocycles. The smallest absolute Gasteiger partial charge is 0.129 e. The number of aliphatic hydroxyl groups excluding tert-OH is 1. The first-order valence-electron chi connectivity index (χ1n) is 6.00. The van der Waals surface area contributed by atoms with E-state index in [1.54, 1.807) is 13.1 Å². The highest BCUT2D eigenvalue weighted by molar-refractivity contribution is 5.42. The van der Waals surface area contributed by atoms with Crippen molar-refractivity contribution >= 4 is 5.82 Å². The maximum atomic E-state index is 9.55. The number of rotatable bonds is 5. The molecular weight excluding hydrogens is 200 g/mol. The molecule has 0 bridgehead atoms. The van der Waals surface area contributed by atoms with Crippen LogP contribution in [-0.2, 0) is 0 Å². The minimum Gasteiger partial charge on any atom is -0.389 e. The van der Waals surface area contributed by atoms with E-state index in [9.17, 15) is 5.11 Å². The third-order valence-electron chi connectivity index (χ3n) is 3.01. The molecule has 0 aromatic carbocycles. The van der Waals surface area contributed by atoms with Gasteiger partial charge in [0.15, 0.2) is 0 Å². The van der Waals surface area contributed by atoms with Gasteiger partial charge in [-0.3, -0.25) is 0 Å². The van der Waals surface area contributed by atoms with Gasteiger partial charge >= 0.3 is 0 Å². The SMILES string of the molecule is CCC(C)N(CC)c1cc([C@H](C)O)ccn1. The lowest BCUT2D eigenvalue weighted by atomic mass is 10.1. The van der Waals surface area contributed by atoms with E-state index in [2.05, 4.69) is 30.7 Å². The molecule has 1 rings (SSSR count). The predicted molar refractivity (Wildman–Crippen MR) is 67.6 cm³/mol. The zero-order chi connectivity index (χ0) is 12.1. The molecule has 0 saturated carbocycles. The minimum atomic E-state index is -0.433. The summed E-state index contributed by atoms with van der Waals surface area (Å²) >= 11 is 0. The zero-order valence-corrected chi connectivity index (χ0v) is 10.6. The van der Waals surface area contributed by atoms with Gasteiger partial charge < -0.3 is 10.0 Å². The molecule has 1 aromatic rings. The lowest BCUT2D eigenvalue weighted by Gasteiger charge is -2.28. The van der Waals surface area contributed by atoms with Gasteiger partial charge in [-0.1, -0.05) is 6.92 Å². The number of anilines is 1. The Kier molecular flexibility index (Phi) is 4.74. The van der Waals surface area contributed by atoms with Gasteiger partial charge in [0, 0.05) is 18.8 Å². The third kappa shape index (κ3) is 2.95. The molecule has 1 heterocycles. The Labute approximate surface area is 98.1 Å². The quantitative estimate of drug-likeness (QED) is 0.832. The lowest BCUT2D eigenvalue weighted by molar-refractivity contribution is 0.199. The van der Waals surface area contributed by atoms with E-state index in [0.717, 1.165) is 24.3 Å². The van der Waals surface area contributed by atoms with E-state index in [0.29, 0.717) is 6.04 Å². The summed E-state index contributed by atoms with van der Waals surface area (Å²) in [6.07, 6.45) is 2.43. The maximum absolute atomic E-state index is 9.55. The van der Waals surface area contributed by atoms with Crippen LogP contribution in [0, 0.1) is 0 Å². The van der Waals surface area contributed by atoms with Gasteiger partial charge in [-0.25, -0.2) is 4.98 Å². The Morgan fingerprint density at radius 2 is 2.06 bits per heavy atom. The Bertz CT molecular complexity index is 325. The number of hydrogen-bond acceptors (Lipinski definition) is 3. The van der Waals surface area contributed by atoms with E-state index in [4.69, 9.17) is 0 Å². The number of aliphatic hydroxyl groups is 1. The fourth-order valence-corrected chi connectivity index (χ4v) is 1.77. The van der Waals surface area contributed by atoms with Gasteiger partial charge in [0.25, 0.3) is 0 Å². The second kappa shape index (κ2) is 5.85. The lowest BCUT2D eigenvalue weighted by Crippen LogP contribution is -2.33. The van der Waals surface area contributed by atoms with E-state index in [1.165, 1.54) is 0 Å². The summed E-state index contributed by atoms with van der Waals surface area (Å²) in [4.78, 5) is 6.63. The predicted octanol–water partition coefficient (Wildman–Crippen LogP) is 2.76. The van der Waals surface area contributed by atoms with Crippen LogP contribution in [0.25, 0.3) is 0 Å². The minimum absolute atomic E-state index is 0.433. The van der Waals surface area contributed by atoms with E-state index in [-0.39, 0.29) is 0 Å². The highest BCUT2D eigenvalue weighted by atomic mass is 16.3. The van der Waals surface area contributed by atoms with Crippen molar-refractivity contribution in [2.45, 2.75) is 46.3 Å². The summed E-state index contributed by atoms with van der Waals surface area (Å²) < 4.78 is 0. The Hall–Kier alpha value is -1.09. The van der Waals surface area contributed by atoms with Crippen LogP contribution < -0.4 is 4.90 Å². The van der Waals surface area contributed by atoms with Crippen molar-refractivity contribution in [2.24, 2.45) is 0 Å². The molecule has 3 heteroatoms. The molecule has 0 aliphatic heterocycles. The van der Waals surface area contributed by atoms with Crippen LogP contribution >= 0.6 is 0 Å². The zero-order valence-electron chi connectivity index (χ0n) is 10.6. The number of aromatic nitrogens is 1. The number of pyridine rings is 1. The largest absolute Gasteiger partial charge is 0.389 e. The molecule has 0 aliphatic rings. The summed E-state index contributed by atoms with van der Waals surface area (Å²) in [5.41, 5.74) is 0.923. The molecular formula is C13H22N2O. The molecule has 0 spiro atoms. The van der Waals surface area contributed by atoms with Crippen LogP contribution in [-0.4, -0.2) is 22.7 Å². The van der Waals surface area contributed by atoms with Crippen molar-refractivity contribution in [2.75, 3.05) is 11.4 Å². The standard InChI is InChI=1S/C13H22N2O/c1-5-10(3)15(6-2)13-9-12(11(4)16)7-8-14-13/h7-11,16H,5-6H2,1-4H3/t10?,11-/m0/s1. The fourth-order valence-electron chi connectivity index (χ4n) is 1.77. The van der Waals surface area contributed by atoms with Crippen molar-refractivity contribution in [3.8, 4) is 0 Å². The van der Waals surface area contributed by atoms with Crippen LogP contribution in [0.1, 0.15) is 45.8 Å². The molecule has 0 saturated heterocycles. The molecule has 0 fully saturated rings. The van der Waals surface area contributed by atoms with E-state index < -0.39 is 6.10 Å². The second-order valence-corrected chi connectivity index (χ2v) is 4.17. The molecule has 0 radical (unpaired) electrons. The Balaban J connectivity index is 2.96. The summed E-state index contributed by atoms with van der Waals surface area (Å²) in [5, 5.41) is 9.55. The van der Waals surface area contributed by atoms with Gasteiger partial charge in [-0.2, -0.15) is 0 Å². The molecule has 2 atom stereocenters. The summed E-state index contributed by atoms with van der Waals surface area (Å²) in [6.45, 7) is 9.21. The van der Waals surface area contributed by atoms with E-state index >= 15 is 0 Å². The van der Waals surface area contributed by atoms with Crippen LogP contribution in [0.5, 0.6) is 0 Å². The van der Waals surface area contributed by atoms with Gasteiger partial charge in [0.05, 0.1) is 6.10 Å². The summed E-state index contributed by atoms with van der Waals surface area (Å²) in [6, 6.07) is 4.31. The summed E-state index contributed by atoms with van der Waals surface area (Å²) in [5.74, 6) is 0.954. The first-order chi connectivity index (χ1) is 7.60. The number of hydrogen-bond donors (Lipinski definition) is 1. The Morgan fingerprint density at radius 3 is 2.56 bits per heavy atom. The molecule has 16 heavy (non-hydrogen) atoms. The summed E-state index contributed by atoms with van der Waals surface area (Å²) in [7, 11) is 0. The molecule has 90 valence electrons. The number of nitrogens with zero attached hydrogens (tertiary/aromatic N) is 2. The monoisotopic (exact) mass is 222 g/mol. The highest BCUT2D eigenvalue weighted by Crippen LogP contribution is 2.20. The van der Waals surface area contributed by atoms with E-state index in [1.807, 2.05) is 12.1 Å². The molecule has 0 amide bonds. The molecule has 3 nitrogen and oxygen atoms in total. The normalized spacial score (nSPS) is 14.6. The van der Waals surface area contributed by atoms with Crippen molar-refractivity contribution in [3.05, 3.63) is 23.9 Å². The first-order valence-corrected chi connectivity index (χ1v) is 6.00. The van der Waals surface area contributed by atoms with Crippen molar-refractivity contribution in [1.82, 2.24) is 4.98 Å². The first kappa shape index (κ1) is 13.0. The van der Waals surface area contributed by atoms with Crippen LogP contribution in [0.4, 0.5) is 5.82 Å². The Morgan fingerprint density at radius 1 is 1.38 bits per heavy atom. The van der Waals surface area contributed by atoms with Gasteiger partial charge in [-0.05, 0) is 44.9 Å². The maximum Gasteiger partial charge on any atom is 0.129 e. The van der Waals surface area contributed by atoms with Gasteiger partial charge in [0.2, 0.25) is 0 Å². The second-order valence-electron chi connectivity index (χ2n) is 4.17. The molecule has 1 aromatic heterocycles. The van der Waals surface area contributed by atoms with Crippen LogP contribution in [0.15, 0.2) is 18.3 Å². The fraction of sp³-hybridized carbons (Fsp3) is 0.615. The van der Waals surface area contributed by atoms with Crippen molar-refractivity contribution < 1.29 is 5.11 Å². The molecule has 1 unspecified atom stereocenters.